The molecule has 36 heavy (non-hydrogen) atoms. The number of nitrogens with zero attached hydrogens (tertiary/aromatic N) is 4. The molecule has 3 aromatic rings. The number of benzene rings is 1. The molecule has 2 aromatic heterocycles. The first-order chi connectivity index (χ1) is 17.4. The number of piperidine rings is 1. The second kappa shape index (κ2) is 10.4. The quantitative estimate of drug-likeness (QED) is 0.462. The molecule has 0 aliphatic carbocycles. The Labute approximate surface area is 209 Å². The van der Waals surface area contributed by atoms with Crippen LogP contribution in [0.1, 0.15) is 47.4 Å². The fourth-order valence-electron chi connectivity index (χ4n) is 5.36. The van der Waals surface area contributed by atoms with Crippen LogP contribution < -0.4 is 0 Å². The highest BCUT2D eigenvalue weighted by atomic mass is 19.1. The van der Waals surface area contributed by atoms with Crippen molar-refractivity contribution in [2.45, 2.75) is 37.4 Å². The van der Waals surface area contributed by atoms with Gasteiger partial charge in [-0.3, -0.25) is 9.78 Å². The number of halogens is 2. The Bertz CT molecular complexity index is 1150. The molecular weight excluding hydrogens is 462 g/mol. The molecule has 1 amide bonds. The van der Waals surface area contributed by atoms with Crippen LogP contribution in [0.5, 0.6) is 0 Å². The van der Waals surface area contributed by atoms with Crippen LogP contribution in [0.25, 0.3) is 0 Å². The molecule has 1 atom stereocenters. The van der Waals surface area contributed by atoms with Crippen molar-refractivity contribution < 1.29 is 18.3 Å². The molecule has 188 valence electrons. The Balaban J connectivity index is 1.18. The monoisotopic (exact) mass is 492 g/mol. The number of carbonyl (C=O) groups is 1. The van der Waals surface area contributed by atoms with Crippen LogP contribution in [0, 0.1) is 11.8 Å². The fraction of sp³-hybridized carbons (Fsp3) is 0.393. The highest BCUT2D eigenvalue weighted by molar-refractivity contribution is 5.87. The van der Waals surface area contributed by atoms with Gasteiger partial charge in [0.25, 0.3) is 0 Å². The number of amides is 1. The van der Waals surface area contributed by atoms with Crippen molar-refractivity contribution in [2.24, 2.45) is 0 Å². The first-order valence-electron chi connectivity index (χ1n) is 12.4. The lowest BCUT2D eigenvalue weighted by Gasteiger charge is -2.39. The first-order valence-corrected chi connectivity index (χ1v) is 12.4. The standard InChI is InChI=1S/C28H30F2N4O2/c1-33(27(35)26(20-3-6-23(29)7-4-20)21-5-8-25(30)32-17-21)13-2-14-34-15-10-28(11-16-34)24-18-31-12-9-22(24)19-36-28/h3-9,12,17-18,26H,2,10-11,13-16,19H2,1H3. The zero-order chi connectivity index (χ0) is 25.1. The topological polar surface area (TPSA) is 58.6 Å². The van der Waals surface area contributed by atoms with Crippen molar-refractivity contribution >= 4 is 5.91 Å². The molecule has 1 unspecified atom stereocenters. The van der Waals surface area contributed by atoms with Crippen LogP contribution in [-0.2, 0) is 21.7 Å². The summed E-state index contributed by atoms with van der Waals surface area (Å²) in [7, 11) is 1.78. The molecule has 2 aliphatic heterocycles. The Morgan fingerprint density at radius 3 is 2.56 bits per heavy atom. The van der Waals surface area contributed by atoms with E-state index in [-0.39, 0.29) is 17.3 Å². The molecule has 1 aromatic carbocycles. The van der Waals surface area contributed by atoms with Gasteiger partial charge in [0.1, 0.15) is 5.82 Å². The van der Waals surface area contributed by atoms with Gasteiger partial charge in [0.2, 0.25) is 11.9 Å². The van der Waals surface area contributed by atoms with Crippen LogP contribution in [0.4, 0.5) is 8.78 Å². The maximum atomic E-state index is 13.5. The molecule has 5 rings (SSSR count). The summed E-state index contributed by atoms with van der Waals surface area (Å²) < 4.78 is 33.1. The summed E-state index contributed by atoms with van der Waals surface area (Å²) in [6.07, 6.45) is 7.84. The highest BCUT2D eigenvalue weighted by Crippen LogP contribution is 2.43. The third-order valence-electron chi connectivity index (χ3n) is 7.45. The predicted molar refractivity (Wildman–Crippen MR) is 131 cm³/mol. The van der Waals surface area contributed by atoms with Gasteiger partial charge in [0.05, 0.1) is 18.1 Å². The lowest BCUT2D eigenvalue weighted by molar-refractivity contribution is -0.130. The molecule has 2 aliphatic rings. The summed E-state index contributed by atoms with van der Waals surface area (Å²) >= 11 is 0. The number of likely N-dealkylation sites (tertiary alicyclic amines) is 1. The van der Waals surface area contributed by atoms with Crippen molar-refractivity contribution in [1.29, 1.82) is 0 Å². The summed E-state index contributed by atoms with van der Waals surface area (Å²) in [5.41, 5.74) is 3.49. The molecule has 0 saturated carbocycles. The number of fused-ring (bicyclic) bond motifs is 2. The zero-order valence-electron chi connectivity index (χ0n) is 20.4. The Morgan fingerprint density at radius 1 is 1.08 bits per heavy atom. The number of rotatable bonds is 7. The summed E-state index contributed by atoms with van der Waals surface area (Å²) in [5, 5.41) is 0. The van der Waals surface area contributed by atoms with Crippen LogP contribution in [0.15, 0.2) is 61.1 Å². The summed E-state index contributed by atoms with van der Waals surface area (Å²) in [6, 6.07) is 10.7. The number of hydrogen-bond acceptors (Lipinski definition) is 5. The molecule has 8 heteroatoms. The normalized spacial score (nSPS) is 17.6. The predicted octanol–water partition coefficient (Wildman–Crippen LogP) is 4.26. The van der Waals surface area contributed by atoms with Gasteiger partial charge in [-0.05, 0) is 66.8 Å². The molecule has 0 N–H and O–H groups in total. The minimum atomic E-state index is -0.674. The van der Waals surface area contributed by atoms with E-state index in [9.17, 15) is 13.6 Å². The Kier molecular flexibility index (Phi) is 7.07. The number of ether oxygens (including phenoxy) is 1. The molecule has 1 spiro atoms. The maximum absolute atomic E-state index is 13.5. The molecule has 0 bridgehead atoms. The van der Waals surface area contributed by atoms with E-state index >= 15 is 0 Å². The number of hydrogen-bond donors (Lipinski definition) is 0. The maximum Gasteiger partial charge on any atom is 0.234 e. The average Bonchev–Trinajstić information content (AvgIpc) is 3.25. The second-order valence-corrected chi connectivity index (χ2v) is 9.67. The lowest BCUT2D eigenvalue weighted by Crippen LogP contribution is -2.43. The Hall–Kier alpha value is -3.23. The number of likely N-dealkylation sites (N-methyl/N-ethyl adjacent to an activating group) is 1. The van der Waals surface area contributed by atoms with Crippen LogP contribution in [0.3, 0.4) is 0 Å². The third-order valence-corrected chi connectivity index (χ3v) is 7.45. The van der Waals surface area contributed by atoms with Crippen molar-refractivity contribution in [2.75, 3.05) is 33.2 Å². The smallest absolute Gasteiger partial charge is 0.234 e. The van der Waals surface area contributed by atoms with E-state index in [1.54, 1.807) is 30.1 Å². The molecule has 1 fully saturated rings. The zero-order valence-corrected chi connectivity index (χ0v) is 20.4. The van der Waals surface area contributed by atoms with Crippen molar-refractivity contribution in [3.05, 3.63) is 95.1 Å². The molecular formula is C28H30F2N4O2. The van der Waals surface area contributed by atoms with Crippen molar-refractivity contribution in [3.8, 4) is 0 Å². The van der Waals surface area contributed by atoms with E-state index in [2.05, 4.69) is 14.9 Å². The fourth-order valence-corrected chi connectivity index (χ4v) is 5.36. The lowest BCUT2D eigenvalue weighted by atomic mass is 9.85. The third kappa shape index (κ3) is 5.01. The van der Waals surface area contributed by atoms with Crippen LogP contribution in [0.2, 0.25) is 0 Å². The van der Waals surface area contributed by atoms with E-state index in [0.29, 0.717) is 24.3 Å². The van der Waals surface area contributed by atoms with Crippen molar-refractivity contribution in [3.63, 3.8) is 0 Å². The molecule has 6 nitrogen and oxygen atoms in total. The van der Waals surface area contributed by atoms with Gasteiger partial charge in [0.15, 0.2) is 0 Å². The molecule has 1 saturated heterocycles. The minimum absolute atomic E-state index is 0.129. The number of aromatic nitrogens is 2. The number of pyridine rings is 2. The second-order valence-electron chi connectivity index (χ2n) is 9.67. The van der Waals surface area contributed by atoms with E-state index in [1.807, 2.05) is 18.5 Å². The van der Waals surface area contributed by atoms with Gasteiger partial charge in [-0.2, -0.15) is 4.39 Å². The largest absolute Gasteiger partial charge is 0.365 e. The van der Waals surface area contributed by atoms with Crippen molar-refractivity contribution in [1.82, 2.24) is 19.8 Å². The van der Waals surface area contributed by atoms with E-state index in [4.69, 9.17) is 4.74 Å². The van der Waals surface area contributed by atoms with Crippen LogP contribution >= 0.6 is 0 Å². The summed E-state index contributed by atoms with van der Waals surface area (Å²) in [4.78, 5) is 25.6. The molecule has 0 radical (unpaired) electrons. The van der Waals surface area contributed by atoms with Gasteiger partial charge in [-0.1, -0.05) is 18.2 Å². The van der Waals surface area contributed by atoms with Gasteiger partial charge >= 0.3 is 0 Å². The minimum Gasteiger partial charge on any atom is -0.365 e. The SMILES string of the molecule is CN(CCCN1CCC2(CC1)OCc1ccncc12)C(=O)C(c1ccc(F)cc1)c1ccc(F)nc1. The summed E-state index contributed by atoms with van der Waals surface area (Å²) in [6.45, 7) is 3.99. The van der Waals surface area contributed by atoms with Gasteiger partial charge in [0, 0.05) is 50.8 Å². The molecule has 4 heterocycles. The summed E-state index contributed by atoms with van der Waals surface area (Å²) in [5.74, 6) is -1.78. The van der Waals surface area contributed by atoms with Gasteiger partial charge < -0.3 is 14.5 Å². The number of carbonyl (C=O) groups excluding carboxylic acids is 1. The van der Waals surface area contributed by atoms with E-state index < -0.39 is 11.9 Å². The van der Waals surface area contributed by atoms with E-state index in [1.165, 1.54) is 35.5 Å². The highest BCUT2D eigenvalue weighted by Gasteiger charge is 2.42. The van der Waals surface area contributed by atoms with E-state index in [0.717, 1.165) is 38.9 Å². The van der Waals surface area contributed by atoms with Gasteiger partial charge in [-0.25, -0.2) is 9.37 Å². The average molecular weight is 493 g/mol. The first kappa shape index (κ1) is 24.5. The Morgan fingerprint density at radius 2 is 1.83 bits per heavy atom. The van der Waals surface area contributed by atoms with Gasteiger partial charge in [-0.15, -0.1) is 0 Å². The van der Waals surface area contributed by atoms with Crippen LogP contribution in [-0.4, -0.2) is 58.9 Å².